The van der Waals surface area contributed by atoms with Crippen molar-refractivity contribution in [1.82, 2.24) is 0 Å². The summed E-state index contributed by atoms with van der Waals surface area (Å²) < 4.78 is 5.41. The van der Waals surface area contributed by atoms with Crippen molar-refractivity contribution in [3.63, 3.8) is 0 Å². The van der Waals surface area contributed by atoms with Gasteiger partial charge in [-0.3, -0.25) is 4.79 Å². The number of Topliss-reactive ketones (excluding diaryl/α,β-unsaturated/α-hetero) is 1. The fourth-order valence-electron chi connectivity index (χ4n) is 2.40. The molecule has 1 aromatic heterocycles. The summed E-state index contributed by atoms with van der Waals surface area (Å²) in [5.41, 5.74) is 0.943. The summed E-state index contributed by atoms with van der Waals surface area (Å²) in [5, 5.41) is 10.9. The first kappa shape index (κ1) is 13.6. The van der Waals surface area contributed by atoms with Gasteiger partial charge in [-0.1, -0.05) is 18.2 Å². The summed E-state index contributed by atoms with van der Waals surface area (Å²) in [6.45, 7) is 0. The zero-order valence-electron chi connectivity index (χ0n) is 11.0. The van der Waals surface area contributed by atoms with E-state index in [1.807, 2.05) is 23.6 Å². The van der Waals surface area contributed by atoms with Gasteiger partial charge in [-0.2, -0.15) is 0 Å². The molecule has 21 heavy (non-hydrogen) atoms. The van der Waals surface area contributed by atoms with Crippen molar-refractivity contribution >= 4 is 23.1 Å². The van der Waals surface area contributed by atoms with Crippen LogP contribution >= 0.6 is 11.3 Å². The second-order valence-corrected chi connectivity index (χ2v) is 5.73. The predicted molar refractivity (Wildman–Crippen MR) is 78.9 cm³/mol. The highest BCUT2D eigenvalue weighted by Crippen LogP contribution is 2.37. The molecule has 1 atom stereocenters. The van der Waals surface area contributed by atoms with Gasteiger partial charge in [0.2, 0.25) is 0 Å². The van der Waals surface area contributed by atoms with Crippen LogP contribution in [0.25, 0.3) is 0 Å². The Morgan fingerprint density at radius 1 is 1.24 bits per heavy atom. The SMILES string of the molecule is O=C(O)C(=O)c1cccc2c1OC=CC2Cc1cccs1. The first-order valence-electron chi connectivity index (χ1n) is 6.43. The normalized spacial score (nSPS) is 16.1. The summed E-state index contributed by atoms with van der Waals surface area (Å²) in [5.74, 6) is -1.99. The van der Waals surface area contributed by atoms with Gasteiger partial charge in [0.25, 0.3) is 5.78 Å². The molecule has 1 aliphatic rings. The molecule has 0 saturated heterocycles. The molecule has 2 heterocycles. The molecule has 0 saturated carbocycles. The molecule has 0 radical (unpaired) electrons. The van der Waals surface area contributed by atoms with Crippen LogP contribution in [-0.2, 0) is 11.2 Å². The first-order chi connectivity index (χ1) is 10.2. The number of allylic oxidation sites excluding steroid dienone is 1. The number of ether oxygens (including phenoxy) is 1. The minimum Gasteiger partial charge on any atom is -0.475 e. The van der Waals surface area contributed by atoms with E-state index < -0.39 is 11.8 Å². The molecule has 4 nitrogen and oxygen atoms in total. The van der Waals surface area contributed by atoms with E-state index in [1.165, 1.54) is 17.2 Å². The number of carbonyl (C=O) groups excluding carboxylic acids is 1. The number of fused-ring (bicyclic) bond motifs is 1. The van der Waals surface area contributed by atoms with E-state index in [2.05, 4.69) is 6.07 Å². The fourth-order valence-corrected chi connectivity index (χ4v) is 3.17. The van der Waals surface area contributed by atoms with E-state index in [0.29, 0.717) is 5.75 Å². The van der Waals surface area contributed by atoms with Gasteiger partial charge < -0.3 is 9.84 Å². The van der Waals surface area contributed by atoms with Crippen molar-refractivity contribution < 1.29 is 19.4 Å². The van der Waals surface area contributed by atoms with Crippen molar-refractivity contribution in [3.05, 3.63) is 64.1 Å². The van der Waals surface area contributed by atoms with E-state index in [9.17, 15) is 9.59 Å². The van der Waals surface area contributed by atoms with Crippen LogP contribution in [0, 0.1) is 0 Å². The minimum absolute atomic E-state index is 0.0777. The number of ketones is 1. The van der Waals surface area contributed by atoms with Crippen molar-refractivity contribution in [3.8, 4) is 5.75 Å². The molecular formula is C16H12O4S. The van der Waals surface area contributed by atoms with Crippen molar-refractivity contribution in [2.75, 3.05) is 0 Å². The Morgan fingerprint density at radius 2 is 2.10 bits per heavy atom. The van der Waals surface area contributed by atoms with Crippen LogP contribution < -0.4 is 4.74 Å². The molecule has 1 unspecified atom stereocenters. The van der Waals surface area contributed by atoms with Crippen LogP contribution in [0.2, 0.25) is 0 Å². The molecule has 1 N–H and O–H groups in total. The number of aliphatic carboxylic acids is 1. The number of thiophene rings is 1. The number of para-hydroxylation sites is 1. The van der Waals surface area contributed by atoms with Crippen LogP contribution in [0.4, 0.5) is 0 Å². The second kappa shape index (κ2) is 5.54. The Bertz CT molecular complexity index is 716. The number of carboxylic acids is 1. The van der Waals surface area contributed by atoms with Gasteiger partial charge in [0, 0.05) is 16.4 Å². The first-order valence-corrected chi connectivity index (χ1v) is 7.31. The minimum atomic E-state index is -1.48. The molecule has 0 spiro atoms. The lowest BCUT2D eigenvalue weighted by Gasteiger charge is -2.22. The number of carbonyl (C=O) groups is 2. The Hall–Kier alpha value is -2.40. The lowest BCUT2D eigenvalue weighted by Crippen LogP contribution is -2.16. The molecule has 0 aliphatic carbocycles. The summed E-state index contributed by atoms with van der Waals surface area (Å²) in [7, 11) is 0. The Kier molecular flexibility index (Phi) is 3.58. The smallest absolute Gasteiger partial charge is 0.377 e. The van der Waals surface area contributed by atoms with Crippen LogP contribution in [0.15, 0.2) is 48.0 Å². The largest absolute Gasteiger partial charge is 0.475 e. The highest BCUT2D eigenvalue weighted by Gasteiger charge is 2.26. The van der Waals surface area contributed by atoms with Crippen LogP contribution in [0.1, 0.15) is 26.7 Å². The van der Waals surface area contributed by atoms with Crippen molar-refractivity contribution in [1.29, 1.82) is 0 Å². The predicted octanol–water partition coefficient (Wildman–Crippen LogP) is 3.25. The molecule has 5 heteroatoms. The maximum Gasteiger partial charge on any atom is 0.377 e. The van der Waals surface area contributed by atoms with Crippen LogP contribution in [-0.4, -0.2) is 16.9 Å². The maximum absolute atomic E-state index is 11.7. The van der Waals surface area contributed by atoms with E-state index in [0.717, 1.165) is 12.0 Å². The van der Waals surface area contributed by atoms with Gasteiger partial charge in [-0.25, -0.2) is 4.79 Å². The highest BCUT2D eigenvalue weighted by molar-refractivity contribution is 7.09. The summed E-state index contributed by atoms with van der Waals surface area (Å²) in [4.78, 5) is 23.9. The molecule has 106 valence electrons. The highest BCUT2D eigenvalue weighted by atomic mass is 32.1. The quantitative estimate of drug-likeness (QED) is 0.695. The third kappa shape index (κ3) is 2.60. The van der Waals surface area contributed by atoms with Gasteiger partial charge in [0.15, 0.2) is 0 Å². The number of hydrogen-bond acceptors (Lipinski definition) is 4. The zero-order valence-corrected chi connectivity index (χ0v) is 11.8. The average molecular weight is 300 g/mol. The number of hydrogen-bond donors (Lipinski definition) is 1. The van der Waals surface area contributed by atoms with Gasteiger partial charge in [0.1, 0.15) is 5.75 Å². The average Bonchev–Trinajstić information content (AvgIpc) is 2.99. The van der Waals surface area contributed by atoms with E-state index >= 15 is 0 Å². The molecular weight excluding hydrogens is 288 g/mol. The van der Waals surface area contributed by atoms with Gasteiger partial charge in [-0.15, -0.1) is 11.3 Å². The molecule has 0 amide bonds. The molecule has 0 fully saturated rings. The van der Waals surface area contributed by atoms with Crippen LogP contribution in [0.5, 0.6) is 5.75 Å². The number of carboxylic acid groups (broad SMARTS) is 1. The monoisotopic (exact) mass is 300 g/mol. The second-order valence-electron chi connectivity index (χ2n) is 4.69. The number of benzene rings is 1. The standard InChI is InChI=1S/C16H12O4S/c17-14(16(18)19)13-5-1-4-12-10(6-7-20-15(12)13)9-11-3-2-8-21-11/h1-8,10H,9H2,(H,18,19). The van der Waals surface area contributed by atoms with Crippen LogP contribution in [0.3, 0.4) is 0 Å². The Balaban J connectivity index is 1.98. The van der Waals surface area contributed by atoms with E-state index in [1.54, 1.807) is 17.4 Å². The summed E-state index contributed by atoms with van der Waals surface area (Å²) in [6.07, 6.45) is 4.26. The fraction of sp³-hybridized carbons (Fsp3) is 0.125. The van der Waals surface area contributed by atoms with Gasteiger partial charge >= 0.3 is 5.97 Å². The summed E-state index contributed by atoms with van der Waals surface area (Å²) in [6, 6.07) is 9.10. The Morgan fingerprint density at radius 3 is 2.81 bits per heavy atom. The third-order valence-corrected chi connectivity index (χ3v) is 4.28. The maximum atomic E-state index is 11.7. The van der Waals surface area contributed by atoms with E-state index in [4.69, 9.17) is 9.84 Å². The molecule has 2 aromatic rings. The Labute approximate surface area is 125 Å². The molecule has 0 bridgehead atoms. The lowest BCUT2D eigenvalue weighted by molar-refractivity contribution is -0.131. The van der Waals surface area contributed by atoms with E-state index in [-0.39, 0.29) is 11.5 Å². The molecule has 3 rings (SSSR count). The topological polar surface area (TPSA) is 63.6 Å². The molecule has 1 aromatic carbocycles. The van der Waals surface area contributed by atoms with Crippen molar-refractivity contribution in [2.24, 2.45) is 0 Å². The van der Waals surface area contributed by atoms with Gasteiger partial charge in [0.05, 0.1) is 11.8 Å². The number of rotatable bonds is 4. The van der Waals surface area contributed by atoms with Gasteiger partial charge in [-0.05, 0) is 30.0 Å². The third-order valence-electron chi connectivity index (χ3n) is 3.38. The van der Waals surface area contributed by atoms with Crippen molar-refractivity contribution in [2.45, 2.75) is 12.3 Å². The summed E-state index contributed by atoms with van der Waals surface area (Å²) >= 11 is 1.67. The lowest BCUT2D eigenvalue weighted by atomic mass is 9.90. The zero-order chi connectivity index (χ0) is 14.8. The molecule has 1 aliphatic heterocycles.